The molecule has 9 nitrogen and oxygen atoms in total. The van der Waals surface area contributed by atoms with Crippen molar-refractivity contribution < 1.29 is 27.0 Å². The lowest BCUT2D eigenvalue weighted by Crippen LogP contribution is -2.31. The zero-order valence-corrected chi connectivity index (χ0v) is 21.7. The van der Waals surface area contributed by atoms with E-state index in [1.165, 1.54) is 25.1 Å². The minimum absolute atomic E-state index is 0.0249. The molecule has 0 spiro atoms. The molecule has 0 radical (unpaired) electrons. The quantitative estimate of drug-likeness (QED) is 0.325. The zero-order valence-electron chi connectivity index (χ0n) is 20.9. The summed E-state index contributed by atoms with van der Waals surface area (Å²) in [5.74, 6) is -2.80. The van der Waals surface area contributed by atoms with Gasteiger partial charge in [0.1, 0.15) is 18.2 Å². The number of hydrogen-bond acceptors (Lipinski definition) is 8. The van der Waals surface area contributed by atoms with E-state index in [0.29, 0.717) is 17.2 Å². The standard InChI is InChI=1S/C27H22F2N4O5S/c1-3-38-15-24-32-26(34)25(27(35)33(24)14-18-6-4-5-17(11-18)13-30)39(36,37)19-7-8-21(22(28)12-19)20-9-10-23(29)31-16(20)2/h4-12,34H,3,14-15H2,1-2H3. The number of aryl methyl sites for hydroxylation is 1. The number of rotatable bonds is 8. The molecule has 0 fully saturated rings. The first-order valence-electron chi connectivity index (χ1n) is 11.6. The molecule has 1 N–H and O–H groups in total. The topological polar surface area (TPSA) is 135 Å². The predicted molar refractivity (Wildman–Crippen MR) is 136 cm³/mol. The van der Waals surface area contributed by atoms with E-state index in [9.17, 15) is 28.0 Å². The molecular weight excluding hydrogens is 530 g/mol. The van der Waals surface area contributed by atoms with Gasteiger partial charge in [0.15, 0.2) is 4.90 Å². The van der Waals surface area contributed by atoms with Crippen LogP contribution < -0.4 is 5.56 Å². The lowest BCUT2D eigenvalue weighted by Gasteiger charge is -2.16. The van der Waals surface area contributed by atoms with Gasteiger partial charge in [-0.15, -0.1) is 0 Å². The fourth-order valence-electron chi connectivity index (χ4n) is 4.01. The Labute approximate surface area is 222 Å². The largest absolute Gasteiger partial charge is 0.492 e. The Morgan fingerprint density at radius 1 is 1.08 bits per heavy atom. The van der Waals surface area contributed by atoms with Crippen molar-refractivity contribution in [2.24, 2.45) is 0 Å². The van der Waals surface area contributed by atoms with Gasteiger partial charge in [0, 0.05) is 23.4 Å². The molecule has 0 aliphatic heterocycles. The van der Waals surface area contributed by atoms with Crippen LogP contribution in [0.1, 0.15) is 29.6 Å². The summed E-state index contributed by atoms with van der Waals surface area (Å²) in [5, 5.41) is 19.8. The molecule has 4 rings (SSSR count). The summed E-state index contributed by atoms with van der Waals surface area (Å²) in [7, 11) is -4.76. The van der Waals surface area contributed by atoms with Crippen molar-refractivity contribution in [2.45, 2.75) is 36.8 Å². The number of ether oxygens (including phenoxy) is 1. The number of nitrogens with zero attached hydrogens (tertiary/aromatic N) is 4. The maximum atomic E-state index is 15.1. The number of pyridine rings is 1. The Morgan fingerprint density at radius 3 is 2.49 bits per heavy atom. The summed E-state index contributed by atoms with van der Waals surface area (Å²) in [5.41, 5.74) is 0.159. The van der Waals surface area contributed by atoms with E-state index in [1.54, 1.807) is 25.1 Å². The van der Waals surface area contributed by atoms with Crippen LogP contribution in [0.25, 0.3) is 11.1 Å². The molecule has 12 heteroatoms. The lowest BCUT2D eigenvalue weighted by molar-refractivity contribution is 0.123. The molecule has 0 saturated carbocycles. The Balaban J connectivity index is 1.84. The Morgan fingerprint density at radius 2 is 1.82 bits per heavy atom. The fraction of sp³-hybridized carbons (Fsp3) is 0.185. The minimum atomic E-state index is -4.76. The molecule has 4 aromatic rings. The number of aromatic nitrogens is 3. The highest BCUT2D eigenvalue weighted by Gasteiger charge is 2.30. The highest BCUT2D eigenvalue weighted by atomic mass is 32.2. The van der Waals surface area contributed by atoms with E-state index in [2.05, 4.69) is 9.97 Å². The summed E-state index contributed by atoms with van der Waals surface area (Å²) in [4.78, 5) is 19.5. The summed E-state index contributed by atoms with van der Waals surface area (Å²) >= 11 is 0. The van der Waals surface area contributed by atoms with E-state index < -0.39 is 42.8 Å². The van der Waals surface area contributed by atoms with Gasteiger partial charge in [-0.05, 0) is 55.8 Å². The van der Waals surface area contributed by atoms with Gasteiger partial charge in [0.25, 0.3) is 5.56 Å². The Kier molecular flexibility index (Phi) is 7.85. The first-order valence-corrected chi connectivity index (χ1v) is 13.1. The molecule has 2 aromatic carbocycles. The van der Waals surface area contributed by atoms with Crippen LogP contribution in [-0.4, -0.2) is 34.7 Å². The highest BCUT2D eigenvalue weighted by molar-refractivity contribution is 7.91. The Bertz CT molecular complexity index is 1780. The smallest absolute Gasteiger partial charge is 0.277 e. The monoisotopic (exact) mass is 552 g/mol. The molecule has 200 valence electrons. The average Bonchev–Trinajstić information content (AvgIpc) is 2.89. The number of hydrogen-bond donors (Lipinski definition) is 1. The summed E-state index contributed by atoms with van der Waals surface area (Å²) in [6, 6.07) is 13.6. The van der Waals surface area contributed by atoms with E-state index in [-0.39, 0.29) is 42.4 Å². The van der Waals surface area contributed by atoms with Crippen molar-refractivity contribution in [3.8, 4) is 23.1 Å². The van der Waals surface area contributed by atoms with Gasteiger partial charge in [0.05, 0.1) is 23.1 Å². The van der Waals surface area contributed by atoms with Gasteiger partial charge in [-0.1, -0.05) is 18.2 Å². The fourth-order valence-corrected chi connectivity index (χ4v) is 5.37. The third-order valence-corrected chi connectivity index (χ3v) is 7.65. The van der Waals surface area contributed by atoms with E-state index in [0.717, 1.165) is 16.7 Å². The predicted octanol–water partition coefficient (Wildman–Crippen LogP) is 3.89. The molecule has 2 aromatic heterocycles. The molecule has 0 amide bonds. The van der Waals surface area contributed by atoms with Crippen LogP contribution in [0, 0.1) is 30.0 Å². The normalized spacial score (nSPS) is 11.4. The molecule has 0 aliphatic rings. The van der Waals surface area contributed by atoms with Gasteiger partial charge in [-0.2, -0.15) is 14.6 Å². The second-order valence-corrected chi connectivity index (χ2v) is 10.3. The molecule has 0 saturated heterocycles. The number of aromatic hydroxyl groups is 1. The second-order valence-electron chi connectivity index (χ2n) is 8.43. The van der Waals surface area contributed by atoms with Crippen LogP contribution in [0.3, 0.4) is 0 Å². The average molecular weight is 553 g/mol. The third-order valence-electron chi connectivity index (χ3n) is 5.88. The molecular formula is C27H22F2N4O5S. The van der Waals surface area contributed by atoms with Crippen LogP contribution in [-0.2, 0) is 27.7 Å². The second kappa shape index (κ2) is 11.1. The third kappa shape index (κ3) is 5.55. The Hall–Kier alpha value is -4.47. The molecule has 0 bridgehead atoms. The molecule has 39 heavy (non-hydrogen) atoms. The molecule has 2 heterocycles. The number of nitriles is 1. The summed E-state index contributed by atoms with van der Waals surface area (Å²) in [6.07, 6.45) is 0. The maximum absolute atomic E-state index is 15.1. The van der Waals surface area contributed by atoms with Crippen molar-refractivity contribution in [2.75, 3.05) is 6.61 Å². The van der Waals surface area contributed by atoms with Gasteiger partial charge < -0.3 is 9.84 Å². The molecule has 0 aliphatic carbocycles. The first kappa shape index (κ1) is 27.6. The first-order chi connectivity index (χ1) is 18.6. The number of sulfone groups is 1. The van der Waals surface area contributed by atoms with E-state index in [1.807, 2.05) is 6.07 Å². The van der Waals surface area contributed by atoms with Crippen LogP contribution in [0.15, 0.2) is 69.2 Å². The van der Waals surface area contributed by atoms with Crippen LogP contribution in [0.4, 0.5) is 8.78 Å². The van der Waals surface area contributed by atoms with Gasteiger partial charge in [0.2, 0.25) is 21.7 Å². The lowest BCUT2D eigenvalue weighted by atomic mass is 10.0. The van der Waals surface area contributed by atoms with Crippen LogP contribution in [0.2, 0.25) is 0 Å². The van der Waals surface area contributed by atoms with Gasteiger partial charge in [-0.25, -0.2) is 17.8 Å². The zero-order chi connectivity index (χ0) is 28.3. The molecule has 0 unspecified atom stereocenters. The van der Waals surface area contributed by atoms with Gasteiger partial charge >= 0.3 is 0 Å². The van der Waals surface area contributed by atoms with E-state index >= 15 is 4.39 Å². The van der Waals surface area contributed by atoms with E-state index in [4.69, 9.17) is 4.74 Å². The maximum Gasteiger partial charge on any atom is 0.277 e. The van der Waals surface area contributed by atoms with Crippen molar-refractivity contribution in [1.29, 1.82) is 5.26 Å². The summed E-state index contributed by atoms with van der Waals surface area (Å²) in [6.45, 7) is 3.07. The molecule has 0 atom stereocenters. The highest BCUT2D eigenvalue weighted by Crippen LogP contribution is 2.30. The summed E-state index contributed by atoms with van der Waals surface area (Å²) < 4.78 is 61.9. The number of halogens is 2. The number of benzene rings is 2. The van der Waals surface area contributed by atoms with Crippen molar-refractivity contribution in [3.63, 3.8) is 0 Å². The van der Waals surface area contributed by atoms with Crippen LogP contribution >= 0.6 is 0 Å². The van der Waals surface area contributed by atoms with Crippen LogP contribution in [0.5, 0.6) is 5.88 Å². The van der Waals surface area contributed by atoms with Gasteiger partial charge in [-0.3, -0.25) is 9.36 Å². The van der Waals surface area contributed by atoms with Crippen molar-refractivity contribution in [1.82, 2.24) is 14.5 Å². The SMILES string of the molecule is CCOCc1nc(O)c(S(=O)(=O)c2ccc(-c3ccc(F)nc3C)c(F)c2)c(=O)n1Cc1cccc(C#N)c1. The van der Waals surface area contributed by atoms with Crippen molar-refractivity contribution >= 4 is 9.84 Å². The minimum Gasteiger partial charge on any atom is -0.492 e. The van der Waals surface area contributed by atoms with Crippen molar-refractivity contribution in [3.05, 3.63) is 99.4 Å².